The van der Waals surface area contributed by atoms with Gasteiger partial charge in [-0.15, -0.1) is 0 Å². The van der Waals surface area contributed by atoms with Gasteiger partial charge in [0.25, 0.3) is 0 Å². The summed E-state index contributed by atoms with van der Waals surface area (Å²) in [5.41, 5.74) is 12.1. The van der Waals surface area contributed by atoms with Crippen molar-refractivity contribution in [1.29, 1.82) is 0 Å². The molecule has 0 radical (unpaired) electrons. The van der Waals surface area contributed by atoms with Crippen LogP contribution in [0, 0.1) is 0 Å². The van der Waals surface area contributed by atoms with Crippen molar-refractivity contribution in [2.45, 2.75) is 128 Å². The standard InChI is InChI=1S/C58H62N2/c1-39(2)53-37-55(59(45-21-13-7-14-22-45)47-29-25-43(26-30-47)41-17-9-5-10-18-41)51-36-34-50-54(40(3)4)38-56(52-35-33-49(53)57(51)58(50)52)60(46-23-15-8-16-24-46)48-31-27-44(28-32-48)42-19-11-6-12-20-42/h7-8,13-16,21-23,25-42,46H,5-6,9-12,17-20,24H2,1-4H3. The van der Waals surface area contributed by atoms with Gasteiger partial charge < -0.3 is 9.80 Å². The molecule has 0 heterocycles. The average molecular weight is 787 g/mol. The SMILES string of the molecule is CC(C)c1cc(N(c2ccccc2)c2ccc(C3CCCCC3)cc2)c2ccc3c(C(C)C)cc(N(c4ccc(C5CCCCC5)cc4)C4C=CC=CC4)c4ccc1c2c34. The maximum Gasteiger partial charge on any atom is 0.0560 e. The van der Waals surface area contributed by atoms with E-state index in [1.165, 1.54) is 147 Å². The Kier molecular flexibility index (Phi) is 10.7. The van der Waals surface area contributed by atoms with Crippen LogP contribution in [0.25, 0.3) is 32.3 Å². The molecule has 0 saturated heterocycles. The van der Waals surface area contributed by atoms with E-state index in [9.17, 15) is 0 Å². The molecule has 0 aromatic heterocycles. The summed E-state index contributed by atoms with van der Waals surface area (Å²) >= 11 is 0. The molecule has 1 unspecified atom stereocenters. The van der Waals surface area contributed by atoms with Gasteiger partial charge >= 0.3 is 0 Å². The molecule has 2 heteroatoms. The lowest BCUT2D eigenvalue weighted by Gasteiger charge is -2.35. The van der Waals surface area contributed by atoms with E-state index in [1.807, 2.05) is 0 Å². The number of para-hydroxylation sites is 1. The van der Waals surface area contributed by atoms with E-state index in [1.54, 1.807) is 0 Å². The quantitative estimate of drug-likeness (QED) is 0.127. The first-order chi connectivity index (χ1) is 29.4. The molecule has 3 aliphatic rings. The van der Waals surface area contributed by atoms with Gasteiger partial charge in [0.2, 0.25) is 0 Å². The third-order valence-corrected chi connectivity index (χ3v) is 14.4. The maximum absolute atomic E-state index is 2.66. The lowest BCUT2D eigenvalue weighted by atomic mass is 9.83. The molecule has 2 saturated carbocycles. The molecule has 304 valence electrons. The minimum absolute atomic E-state index is 0.223. The summed E-state index contributed by atoms with van der Waals surface area (Å²) in [5.74, 6) is 2.08. The number of allylic oxidation sites excluding steroid dienone is 2. The molecular formula is C58H62N2. The van der Waals surface area contributed by atoms with E-state index in [0.29, 0.717) is 23.7 Å². The Hall–Kier alpha value is -5.34. The van der Waals surface area contributed by atoms with Gasteiger partial charge in [0, 0.05) is 33.5 Å². The molecule has 60 heavy (non-hydrogen) atoms. The zero-order chi connectivity index (χ0) is 40.7. The second kappa shape index (κ2) is 16.6. The van der Waals surface area contributed by atoms with Crippen LogP contribution in [-0.4, -0.2) is 6.04 Å². The largest absolute Gasteiger partial charge is 0.334 e. The summed E-state index contributed by atoms with van der Waals surface area (Å²) in [7, 11) is 0. The van der Waals surface area contributed by atoms with E-state index in [-0.39, 0.29) is 6.04 Å². The molecule has 7 aromatic rings. The van der Waals surface area contributed by atoms with E-state index in [0.717, 1.165) is 6.42 Å². The van der Waals surface area contributed by atoms with Crippen molar-refractivity contribution in [3.63, 3.8) is 0 Å². The van der Waals surface area contributed by atoms with Crippen LogP contribution in [0.2, 0.25) is 0 Å². The highest BCUT2D eigenvalue weighted by atomic mass is 15.2. The van der Waals surface area contributed by atoms with Gasteiger partial charge in [-0.3, -0.25) is 0 Å². The fraction of sp³-hybridized carbons (Fsp3) is 0.345. The summed E-state index contributed by atoms with van der Waals surface area (Å²) in [6.45, 7) is 9.49. The average Bonchev–Trinajstić information content (AvgIpc) is 3.30. The molecule has 0 spiro atoms. The third-order valence-electron chi connectivity index (χ3n) is 14.4. The first-order valence-electron chi connectivity index (χ1n) is 23.4. The van der Waals surface area contributed by atoms with Crippen LogP contribution < -0.4 is 9.80 Å². The summed E-state index contributed by atoms with van der Waals surface area (Å²) in [6, 6.07) is 45.5. The number of anilines is 5. The number of hydrogen-bond acceptors (Lipinski definition) is 2. The molecular weight excluding hydrogens is 725 g/mol. The van der Waals surface area contributed by atoms with Gasteiger partial charge in [-0.25, -0.2) is 0 Å². The van der Waals surface area contributed by atoms with Gasteiger partial charge in [0.05, 0.1) is 11.7 Å². The van der Waals surface area contributed by atoms with Crippen molar-refractivity contribution in [2.75, 3.05) is 9.80 Å². The molecule has 2 fully saturated rings. The highest BCUT2D eigenvalue weighted by molar-refractivity contribution is 6.29. The Balaban J connectivity index is 1.21. The van der Waals surface area contributed by atoms with Crippen LogP contribution in [0.3, 0.4) is 0 Å². The van der Waals surface area contributed by atoms with Crippen molar-refractivity contribution in [2.24, 2.45) is 0 Å². The van der Waals surface area contributed by atoms with E-state index in [4.69, 9.17) is 0 Å². The maximum atomic E-state index is 2.66. The van der Waals surface area contributed by atoms with Gasteiger partial charge in [-0.2, -0.15) is 0 Å². The van der Waals surface area contributed by atoms with Gasteiger partial charge in [0.1, 0.15) is 0 Å². The zero-order valence-corrected chi connectivity index (χ0v) is 36.3. The second-order valence-corrected chi connectivity index (χ2v) is 18.9. The van der Waals surface area contributed by atoms with Crippen LogP contribution in [0.4, 0.5) is 28.4 Å². The highest BCUT2D eigenvalue weighted by Gasteiger charge is 2.28. The lowest BCUT2D eigenvalue weighted by molar-refractivity contribution is 0.443. The Labute approximate surface area is 359 Å². The Bertz CT molecular complexity index is 2630. The molecule has 0 aliphatic heterocycles. The number of rotatable bonds is 10. The predicted octanol–water partition coefficient (Wildman–Crippen LogP) is 17.4. The molecule has 7 aromatic carbocycles. The van der Waals surface area contributed by atoms with E-state index < -0.39 is 0 Å². The van der Waals surface area contributed by atoms with E-state index in [2.05, 4.69) is 177 Å². The Morgan fingerprint density at radius 1 is 0.467 bits per heavy atom. The minimum Gasteiger partial charge on any atom is -0.334 e. The predicted molar refractivity (Wildman–Crippen MR) is 260 cm³/mol. The van der Waals surface area contributed by atoms with Gasteiger partial charge in [-0.05, 0) is 148 Å². The Morgan fingerprint density at radius 3 is 1.47 bits per heavy atom. The number of nitrogens with zero attached hydrogens (tertiary/aromatic N) is 2. The van der Waals surface area contributed by atoms with Crippen molar-refractivity contribution in [3.05, 3.63) is 162 Å². The Morgan fingerprint density at radius 2 is 0.950 bits per heavy atom. The molecule has 0 amide bonds. The molecule has 10 rings (SSSR count). The van der Waals surface area contributed by atoms with Crippen LogP contribution in [0.15, 0.2) is 140 Å². The summed E-state index contributed by atoms with van der Waals surface area (Å²) < 4.78 is 0. The van der Waals surface area contributed by atoms with Gasteiger partial charge in [-0.1, -0.05) is 157 Å². The topological polar surface area (TPSA) is 6.48 Å². The summed E-state index contributed by atoms with van der Waals surface area (Å²) in [6.07, 6.45) is 23.6. The van der Waals surface area contributed by atoms with Crippen LogP contribution >= 0.6 is 0 Å². The lowest BCUT2D eigenvalue weighted by Crippen LogP contribution is -2.30. The fourth-order valence-corrected chi connectivity index (χ4v) is 11.3. The minimum atomic E-state index is 0.223. The van der Waals surface area contributed by atoms with Crippen LogP contribution in [-0.2, 0) is 0 Å². The molecule has 2 nitrogen and oxygen atoms in total. The zero-order valence-electron chi connectivity index (χ0n) is 36.3. The van der Waals surface area contributed by atoms with Crippen molar-refractivity contribution >= 4 is 60.8 Å². The van der Waals surface area contributed by atoms with Crippen LogP contribution in [0.1, 0.15) is 144 Å². The van der Waals surface area contributed by atoms with Gasteiger partial charge in [0.15, 0.2) is 0 Å². The molecule has 1 atom stereocenters. The molecule has 0 bridgehead atoms. The number of benzene rings is 7. The van der Waals surface area contributed by atoms with Crippen LogP contribution in [0.5, 0.6) is 0 Å². The van der Waals surface area contributed by atoms with Crippen molar-refractivity contribution < 1.29 is 0 Å². The molecule has 3 aliphatic carbocycles. The normalized spacial score (nSPS) is 17.8. The second-order valence-electron chi connectivity index (χ2n) is 18.9. The smallest absolute Gasteiger partial charge is 0.0560 e. The summed E-state index contributed by atoms with van der Waals surface area (Å²) in [5, 5.41) is 8.18. The van der Waals surface area contributed by atoms with Crippen molar-refractivity contribution in [3.8, 4) is 0 Å². The van der Waals surface area contributed by atoms with Crippen molar-refractivity contribution in [1.82, 2.24) is 0 Å². The fourth-order valence-electron chi connectivity index (χ4n) is 11.3. The first kappa shape index (κ1) is 38.8. The third kappa shape index (κ3) is 7.10. The monoisotopic (exact) mass is 786 g/mol. The molecule has 0 N–H and O–H groups in total. The van der Waals surface area contributed by atoms with E-state index >= 15 is 0 Å². The number of hydrogen-bond donors (Lipinski definition) is 0. The first-order valence-corrected chi connectivity index (χ1v) is 23.4. The highest BCUT2D eigenvalue weighted by Crippen LogP contribution is 2.51. The summed E-state index contributed by atoms with van der Waals surface area (Å²) in [4.78, 5) is 5.20.